The predicted molar refractivity (Wildman–Crippen MR) is 72.3 cm³/mol. The number of rotatable bonds is 0. The molecule has 3 rings (SSSR count). The first-order valence-electron chi connectivity index (χ1n) is 7.40. The molecular weight excluding hydrogens is 224 g/mol. The van der Waals surface area contributed by atoms with E-state index in [-0.39, 0.29) is 5.41 Å². The molecular formula is C16H26O2. The van der Waals surface area contributed by atoms with Crippen molar-refractivity contribution in [1.82, 2.24) is 0 Å². The standard InChI is InChI=1S/C16H26O2/c1-12-7-13-5-4-6-15(2,3)14(13)8-16(12)9-17-11-18-10-16/h12H,4-11H2,1-3H3. The molecule has 0 N–H and O–H groups in total. The third kappa shape index (κ3) is 1.94. The van der Waals surface area contributed by atoms with E-state index in [2.05, 4.69) is 20.8 Å². The third-order valence-corrected chi connectivity index (χ3v) is 5.60. The fourth-order valence-corrected chi connectivity index (χ4v) is 4.20. The molecule has 1 saturated heterocycles. The van der Waals surface area contributed by atoms with Crippen LogP contribution < -0.4 is 0 Å². The molecule has 0 aromatic heterocycles. The fraction of sp³-hybridized carbons (Fsp3) is 0.875. The van der Waals surface area contributed by atoms with Gasteiger partial charge in [0.05, 0.1) is 13.2 Å². The summed E-state index contributed by atoms with van der Waals surface area (Å²) in [4.78, 5) is 0. The van der Waals surface area contributed by atoms with Crippen molar-refractivity contribution >= 4 is 0 Å². The van der Waals surface area contributed by atoms with Gasteiger partial charge in [-0.2, -0.15) is 0 Å². The van der Waals surface area contributed by atoms with E-state index in [0.717, 1.165) is 13.2 Å². The maximum atomic E-state index is 5.64. The van der Waals surface area contributed by atoms with Crippen molar-refractivity contribution in [3.8, 4) is 0 Å². The van der Waals surface area contributed by atoms with Crippen LogP contribution in [-0.2, 0) is 9.47 Å². The number of hydrogen-bond acceptors (Lipinski definition) is 2. The molecule has 0 saturated carbocycles. The van der Waals surface area contributed by atoms with Gasteiger partial charge in [-0.3, -0.25) is 0 Å². The van der Waals surface area contributed by atoms with Crippen molar-refractivity contribution in [1.29, 1.82) is 0 Å². The summed E-state index contributed by atoms with van der Waals surface area (Å²) in [6.07, 6.45) is 6.53. The lowest BCUT2D eigenvalue weighted by Crippen LogP contribution is -2.47. The molecule has 0 aromatic carbocycles. The van der Waals surface area contributed by atoms with Crippen LogP contribution in [0.25, 0.3) is 0 Å². The molecule has 2 nitrogen and oxygen atoms in total. The van der Waals surface area contributed by atoms with E-state index in [4.69, 9.17) is 9.47 Å². The summed E-state index contributed by atoms with van der Waals surface area (Å²) in [5.74, 6) is 0.699. The number of hydrogen-bond donors (Lipinski definition) is 0. The van der Waals surface area contributed by atoms with Crippen LogP contribution in [0, 0.1) is 16.7 Å². The Labute approximate surface area is 111 Å². The molecule has 0 bridgehead atoms. The molecule has 3 aliphatic rings. The van der Waals surface area contributed by atoms with Gasteiger partial charge < -0.3 is 9.47 Å². The van der Waals surface area contributed by atoms with E-state index >= 15 is 0 Å². The lowest BCUT2D eigenvalue weighted by atomic mass is 9.58. The van der Waals surface area contributed by atoms with Gasteiger partial charge in [0.15, 0.2) is 0 Å². The second kappa shape index (κ2) is 4.35. The molecule has 0 amide bonds. The second-order valence-electron chi connectivity index (χ2n) is 7.28. The van der Waals surface area contributed by atoms with Crippen molar-refractivity contribution < 1.29 is 9.47 Å². The minimum absolute atomic E-state index is 0.256. The first-order valence-corrected chi connectivity index (χ1v) is 7.40. The van der Waals surface area contributed by atoms with E-state index in [1.165, 1.54) is 32.1 Å². The van der Waals surface area contributed by atoms with Crippen LogP contribution in [0.2, 0.25) is 0 Å². The third-order valence-electron chi connectivity index (χ3n) is 5.60. The Hall–Kier alpha value is -0.340. The van der Waals surface area contributed by atoms with Gasteiger partial charge in [0.2, 0.25) is 0 Å². The van der Waals surface area contributed by atoms with Gasteiger partial charge >= 0.3 is 0 Å². The zero-order valence-electron chi connectivity index (χ0n) is 12.1. The van der Waals surface area contributed by atoms with Crippen molar-refractivity contribution in [2.75, 3.05) is 20.0 Å². The van der Waals surface area contributed by atoms with Crippen molar-refractivity contribution in [2.45, 2.75) is 52.9 Å². The quantitative estimate of drug-likeness (QED) is 0.607. The topological polar surface area (TPSA) is 18.5 Å². The highest BCUT2D eigenvalue weighted by Crippen LogP contribution is 2.54. The Bertz CT molecular complexity index is 361. The smallest absolute Gasteiger partial charge is 0.146 e. The summed E-state index contributed by atoms with van der Waals surface area (Å²) in [6, 6.07) is 0. The zero-order chi connectivity index (χ0) is 12.8. The normalized spacial score (nSPS) is 34.5. The van der Waals surface area contributed by atoms with Gasteiger partial charge in [-0.05, 0) is 43.4 Å². The van der Waals surface area contributed by atoms with Crippen LogP contribution in [0.3, 0.4) is 0 Å². The molecule has 0 radical (unpaired) electrons. The average molecular weight is 250 g/mol. The molecule has 102 valence electrons. The van der Waals surface area contributed by atoms with Gasteiger partial charge in [0.1, 0.15) is 6.79 Å². The van der Waals surface area contributed by atoms with Crippen LogP contribution in [-0.4, -0.2) is 20.0 Å². The summed E-state index contributed by atoms with van der Waals surface area (Å²) in [6.45, 7) is 9.51. The molecule has 1 atom stereocenters. The Balaban J connectivity index is 1.92. The molecule has 18 heavy (non-hydrogen) atoms. The van der Waals surface area contributed by atoms with Gasteiger partial charge in [0.25, 0.3) is 0 Å². The van der Waals surface area contributed by atoms with E-state index in [1.807, 2.05) is 0 Å². The van der Waals surface area contributed by atoms with Crippen molar-refractivity contribution in [3.05, 3.63) is 11.1 Å². The molecule has 0 aromatic rings. The van der Waals surface area contributed by atoms with Crippen LogP contribution in [0.1, 0.15) is 52.9 Å². The minimum atomic E-state index is 0.256. The van der Waals surface area contributed by atoms with E-state index in [0.29, 0.717) is 18.1 Å². The highest BCUT2D eigenvalue weighted by molar-refractivity contribution is 5.29. The molecule has 1 unspecified atom stereocenters. The molecule has 1 fully saturated rings. The molecule has 1 aliphatic heterocycles. The average Bonchev–Trinajstić information content (AvgIpc) is 2.33. The fourth-order valence-electron chi connectivity index (χ4n) is 4.20. The summed E-state index contributed by atoms with van der Waals surface area (Å²) in [5, 5.41) is 0. The van der Waals surface area contributed by atoms with Gasteiger partial charge in [-0.1, -0.05) is 31.9 Å². The highest BCUT2D eigenvalue weighted by Gasteiger charge is 2.46. The first kappa shape index (κ1) is 12.7. The van der Waals surface area contributed by atoms with Crippen molar-refractivity contribution in [2.24, 2.45) is 16.7 Å². The minimum Gasteiger partial charge on any atom is -0.355 e. The van der Waals surface area contributed by atoms with Crippen LogP contribution in [0.15, 0.2) is 11.1 Å². The maximum absolute atomic E-state index is 5.64. The molecule has 2 heteroatoms. The first-order chi connectivity index (χ1) is 8.54. The number of allylic oxidation sites excluding steroid dienone is 2. The Morgan fingerprint density at radius 2 is 1.89 bits per heavy atom. The highest BCUT2D eigenvalue weighted by atomic mass is 16.7. The van der Waals surface area contributed by atoms with Gasteiger partial charge in [-0.15, -0.1) is 0 Å². The summed E-state index contributed by atoms with van der Waals surface area (Å²) in [5.41, 5.74) is 4.15. The van der Waals surface area contributed by atoms with Gasteiger partial charge in [0, 0.05) is 5.41 Å². The van der Waals surface area contributed by atoms with Gasteiger partial charge in [-0.25, -0.2) is 0 Å². The largest absolute Gasteiger partial charge is 0.355 e. The Morgan fingerprint density at radius 3 is 2.61 bits per heavy atom. The maximum Gasteiger partial charge on any atom is 0.146 e. The van der Waals surface area contributed by atoms with Crippen LogP contribution in [0.5, 0.6) is 0 Å². The van der Waals surface area contributed by atoms with E-state index in [9.17, 15) is 0 Å². The summed E-state index contributed by atoms with van der Waals surface area (Å²) < 4.78 is 11.3. The molecule has 2 aliphatic carbocycles. The second-order valence-corrected chi connectivity index (χ2v) is 7.28. The lowest BCUT2D eigenvalue weighted by molar-refractivity contribution is -0.182. The Kier molecular flexibility index (Phi) is 3.06. The zero-order valence-corrected chi connectivity index (χ0v) is 12.1. The lowest BCUT2D eigenvalue weighted by Gasteiger charge is -2.50. The molecule has 1 spiro atoms. The Morgan fingerprint density at radius 1 is 1.17 bits per heavy atom. The van der Waals surface area contributed by atoms with E-state index < -0.39 is 0 Å². The van der Waals surface area contributed by atoms with Crippen LogP contribution in [0.4, 0.5) is 0 Å². The van der Waals surface area contributed by atoms with Crippen LogP contribution >= 0.6 is 0 Å². The monoisotopic (exact) mass is 250 g/mol. The molecule has 1 heterocycles. The van der Waals surface area contributed by atoms with E-state index in [1.54, 1.807) is 11.1 Å². The predicted octanol–water partition coefficient (Wildman–Crippen LogP) is 3.91. The SMILES string of the molecule is CC1CC2=C(CC13COCOC3)C(C)(C)CCC2. The summed E-state index contributed by atoms with van der Waals surface area (Å²) >= 11 is 0. The number of ether oxygens (including phenoxy) is 2. The summed E-state index contributed by atoms with van der Waals surface area (Å²) in [7, 11) is 0. The van der Waals surface area contributed by atoms with Crippen molar-refractivity contribution in [3.63, 3.8) is 0 Å².